The number of rotatable bonds is 2. The predicted octanol–water partition coefficient (Wildman–Crippen LogP) is 0.253. The molecule has 0 aromatic carbocycles. The fourth-order valence-corrected chi connectivity index (χ4v) is 4.86. The molecule has 4 atom stereocenters. The summed E-state index contributed by atoms with van der Waals surface area (Å²) in [6.07, 6.45) is 3.15. The highest BCUT2D eigenvalue weighted by molar-refractivity contribution is 6.05. The second-order valence-corrected chi connectivity index (χ2v) is 8.12. The lowest BCUT2D eigenvalue weighted by Gasteiger charge is -2.26. The van der Waals surface area contributed by atoms with Crippen molar-refractivity contribution in [3.63, 3.8) is 0 Å². The standard InChI is InChI=1S/C19H24N4O4.CH2O2/c1-9-4-14(15-16(20-9)23(3)19(27)21-17(15)25)18(26)22(2)12-5-10-7-13(24)8-11(10)6-12;2-1-3/h4,10-13,24H,5-8H2,1-3H3,(H,21,25,27);1H,(H,2,3)/t10-,11+,12?,13?;. The number of aliphatic hydroxyl groups is 1. The van der Waals surface area contributed by atoms with Gasteiger partial charge in [-0.05, 0) is 50.5 Å². The zero-order valence-electron chi connectivity index (χ0n) is 17.2. The molecule has 0 radical (unpaired) electrons. The van der Waals surface area contributed by atoms with Crippen LogP contribution in [0.5, 0.6) is 0 Å². The Morgan fingerprint density at radius 3 is 2.40 bits per heavy atom. The number of fused-ring (bicyclic) bond motifs is 2. The minimum atomic E-state index is -0.594. The molecular weight excluding hydrogens is 392 g/mol. The first-order valence-electron chi connectivity index (χ1n) is 9.81. The third kappa shape index (κ3) is 3.87. The van der Waals surface area contributed by atoms with Crippen LogP contribution in [0.4, 0.5) is 0 Å². The Morgan fingerprint density at radius 2 is 1.83 bits per heavy atom. The third-order valence-corrected chi connectivity index (χ3v) is 6.26. The quantitative estimate of drug-likeness (QED) is 0.593. The van der Waals surface area contributed by atoms with E-state index in [4.69, 9.17) is 9.90 Å². The van der Waals surface area contributed by atoms with Crippen LogP contribution in [0.1, 0.15) is 41.7 Å². The molecule has 2 aliphatic carbocycles. The number of aromatic nitrogens is 3. The molecule has 2 fully saturated rings. The number of amides is 1. The van der Waals surface area contributed by atoms with Gasteiger partial charge in [0.05, 0.1) is 17.1 Å². The molecule has 0 aliphatic heterocycles. The normalized spacial score (nSPS) is 24.8. The van der Waals surface area contributed by atoms with Gasteiger partial charge in [-0.15, -0.1) is 0 Å². The monoisotopic (exact) mass is 418 g/mol. The lowest BCUT2D eigenvalue weighted by Crippen LogP contribution is -2.37. The fraction of sp³-hybridized carbons (Fsp3) is 0.550. The number of pyridine rings is 1. The number of aryl methyl sites for hydroxylation is 2. The smallest absolute Gasteiger partial charge is 0.329 e. The van der Waals surface area contributed by atoms with Crippen molar-refractivity contribution in [1.29, 1.82) is 0 Å². The lowest BCUT2D eigenvalue weighted by molar-refractivity contribution is -0.122. The Kier molecular flexibility index (Phi) is 6.06. The van der Waals surface area contributed by atoms with Crippen molar-refractivity contribution in [2.24, 2.45) is 18.9 Å². The molecule has 10 heteroatoms. The number of carbonyl (C=O) groups excluding carboxylic acids is 1. The number of carboxylic acid groups (broad SMARTS) is 1. The number of nitrogens with one attached hydrogen (secondary N) is 1. The number of H-pyrrole nitrogens is 1. The first-order valence-corrected chi connectivity index (χ1v) is 9.81. The number of aliphatic hydroxyl groups excluding tert-OH is 1. The van der Waals surface area contributed by atoms with Crippen LogP contribution in [0.15, 0.2) is 15.7 Å². The second kappa shape index (κ2) is 8.39. The van der Waals surface area contributed by atoms with Gasteiger partial charge >= 0.3 is 5.69 Å². The van der Waals surface area contributed by atoms with E-state index in [-0.39, 0.29) is 41.1 Å². The Labute approximate surface area is 172 Å². The van der Waals surface area contributed by atoms with Crippen LogP contribution in [0, 0.1) is 18.8 Å². The van der Waals surface area contributed by atoms with Crippen molar-refractivity contribution >= 4 is 23.4 Å². The maximum Gasteiger partial charge on any atom is 0.329 e. The van der Waals surface area contributed by atoms with Crippen LogP contribution in [-0.4, -0.2) is 61.2 Å². The molecule has 10 nitrogen and oxygen atoms in total. The van der Waals surface area contributed by atoms with Gasteiger partial charge in [-0.25, -0.2) is 9.78 Å². The Morgan fingerprint density at radius 1 is 1.27 bits per heavy atom. The lowest BCUT2D eigenvalue weighted by atomic mass is 10.0. The van der Waals surface area contributed by atoms with Gasteiger partial charge in [0.2, 0.25) is 0 Å². The fourth-order valence-electron chi connectivity index (χ4n) is 4.86. The summed E-state index contributed by atoms with van der Waals surface area (Å²) >= 11 is 0. The minimum absolute atomic E-state index is 0.0927. The summed E-state index contributed by atoms with van der Waals surface area (Å²) in [6, 6.07) is 1.70. The van der Waals surface area contributed by atoms with Gasteiger partial charge in [-0.3, -0.25) is 23.9 Å². The highest BCUT2D eigenvalue weighted by Crippen LogP contribution is 2.45. The SMILES string of the molecule is Cc1cc(C(=O)N(C)C2C[C@H]3CC(O)C[C@H]3C2)c2c(=O)[nH]c(=O)n(C)c2n1.O=CO. The molecule has 162 valence electrons. The number of nitrogens with zero attached hydrogens (tertiary/aromatic N) is 3. The molecule has 2 aromatic heterocycles. The molecule has 30 heavy (non-hydrogen) atoms. The van der Waals surface area contributed by atoms with Crippen molar-refractivity contribution in [2.45, 2.75) is 44.8 Å². The summed E-state index contributed by atoms with van der Waals surface area (Å²) in [6.45, 7) is 1.49. The van der Waals surface area contributed by atoms with E-state index in [1.165, 1.54) is 11.6 Å². The van der Waals surface area contributed by atoms with Crippen molar-refractivity contribution < 1.29 is 19.8 Å². The second-order valence-electron chi connectivity index (χ2n) is 8.12. The van der Waals surface area contributed by atoms with E-state index in [0.29, 0.717) is 17.5 Å². The van der Waals surface area contributed by atoms with Crippen molar-refractivity contribution in [3.8, 4) is 0 Å². The number of hydrogen-bond donors (Lipinski definition) is 3. The maximum absolute atomic E-state index is 13.2. The van der Waals surface area contributed by atoms with E-state index in [1.807, 2.05) is 0 Å². The average Bonchev–Trinajstić information content (AvgIpc) is 3.22. The summed E-state index contributed by atoms with van der Waals surface area (Å²) in [5.41, 5.74) is -0.0876. The van der Waals surface area contributed by atoms with Crippen LogP contribution in [0.2, 0.25) is 0 Å². The zero-order chi connectivity index (χ0) is 22.2. The third-order valence-electron chi connectivity index (χ3n) is 6.26. The molecule has 2 aromatic rings. The first-order chi connectivity index (χ1) is 14.2. The predicted molar refractivity (Wildman–Crippen MR) is 108 cm³/mol. The van der Waals surface area contributed by atoms with Crippen molar-refractivity contribution in [3.05, 3.63) is 38.2 Å². The van der Waals surface area contributed by atoms with Crippen molar-refractivity contribution in [1.82, 2.24) is 19.4 Å². The van der Waals surface area contributed by atoms with E-state index in [1.54, 1.807) is 24.9 Å². The van der Waals surface area contributed by atoms with Gasteiger partial charge < -0.3 is 15.1 Å². The molecule has 2 heterocycles. The van der Waals surface area contributed by atoms with Gasteiger partial charge in [0.1, 0.15) is 5.65 Å². The summed E-state index contributed by atoms with van der Waals surface area (Å²) in [4.78, 5) is 54.2. The number of carbonyl (C=O) groups is 2. The zero-order valence-corrected chi connectivity index (χ0v) is 17.2. The van der Waals surface area contributed by atoms with E-state index in [0.717, 1.165) is 25.7 Å². The van der Waals surface area contributed by atoms with E-state index in [9.17, 15) is 19.5 Å². The summed E-state index contributed by atoms with van der Waals surface area (Å²) in [5, 5.41) is 16.9. The molecular formula is C20H26N4O6. The van der Waals surface area contributed by atoms with Gasteiger partial charge in [-0.2, -0.15) is 0 Å². The van der Waals surface area contributed by atoms with Gasteiger partial charge in [-0.1, -0.05) is 0 Å². The van der Waals surface area contributed by atoms with Crippen LogP contribution in [0.3, 0.4) is 0 Å². The first kappa shape index (κ1) is 21.7. The van der Waals surface area contributed by atoms with Gasteiger partial charge in [0.25, 0.3) is 17.9 Å². The number of aromatic amines is 1. The topological polar surface area (TPSA) is 146 Å². The average molecular weight is 418 g/mol. The minimum Gasteiger partial charge on any atom is -0.483 e. The largest absolute Gasteiger partial charge is 0.483 e. The van der Waals surface area contributed by atoms with Crippen LogP contribution in [-0.2, 0) is 11.8 Å². The van der Waals surface area contributed by atoms with Gasteiger partial charge in [0, 0.05) is 25.8 Å². The van der Waals surface area contributed by atoms with Crippen LogP contribution in [0.25, 0.3) is 11.0 Å². The molecule has 0 bridgehead atoms. The van der Waals surface area contributed by atoms with Crippen LogP contribution < -0.4 is 11.2 Å². The van der Waals surface area contributed by atoms with Crippen LogP contribution >= 0.6 is 0 Å². The number of hydrogen-bond acceptors (Lipinski definition) is 6. The molecule has 2 unspecified atom stereocenters. The highest BCUT2D eigenvalue weighted by atomic mass is 16.3. The van der Waals surface area contributed by atoms with E-state index >= 15 is 0 Å². The summed E-state index contributed by atoms with van der Waals surface area (Å²) in [7, 11) is 3.29. The Balaban J connectivity index is 0.000000806. The highest BCUT2D eigenvalue weighted by Gasteiger charge is 2.43. The maximum atomic E-state index is 13.2. The van der Waals surface area contributed by atoms with Gasteiger partial charge in [0.15, 0.2) is 0 Å². The summed E-state index contributed by atoms with van der Waals surface area (Å²) < 4.78 is 1.25. The van der Waals surface area contributed by atoms with E-state index in [2.05, 4.69) is 9.97 Å². The molecule has 0 saturated heterocycles. The summed E-state index contributed by atoms with van der Waals surface area (Å²) in [5.74, 6) is 0.681. The molecule has 1 amide bonds. The molecule has 2 aliphatic rings. The molecule has 2 saturated carbocycles. The molecule has 0 spiro atoms. The Hall–Kier alpha value is -3.01. The molecule has 4 rings (SSSR count). The van der Waals surface area contributed by atoms with Crippen molar-refractivity contribution in [2.75, 3.05) is 7.05 Å². The van der Waals surface area contributed by atoms with E-state index < -0.39 is 11.2 Å². The molecule has 3 N–H and O–H groups in total. The Bertz CT molecular complexity index is 1080.